The second-order valence-corrected chi connectivity index (χ2v) is 2.72. The Morgan fingerprint density at radius 1 is 1.23 bits per heavy atom. The molecule has 2 rings (SSSR count). The third-order valence-corrected chi connectivity index (χ3v) is 1.91. The molecular weight excluding hydrogens is 164 g/mol. The molecule has 0 bridgehead atoms. The highest BCUT2D eigenvalue weighted by Crippen LogP contribution is 2.13. The van der Waals surface area contributed by atoms with Crippen LogP contribution in [0.4, 0.5) is 0 Å². The number of carbonyl (C=O) groups excluding carboxylic acids is 1. The lowest BCUT2D eigenvalue weighted by molar-refractivity contribution is -0.107. The van der Waals surface area contributed by atoms with E-state index in [1.54, 1.807) is 12.4 Å². The SMILES string of the molecule is O=CCc1ccnc2ncccc12. The maximum atomic E-state index is 10.4. The summed E-state index contributed by atoms with van der Waals surface area (Å²) in [6.07, 6.45) is 4.68. The second-order valence-electron chi connectivity index (χ2n) is 2.72. The van der Waals surface area contributed by atoms with Gasteiger partial charge in [-0.3, -0.25) is 0 Å². The van der Waals surface area contributed by atoms with Gasteiger partial charge in [-0.05, 0) is 23.8 Å². The van der Waals surface area contributed by atoms with Gasteiger partial charge in [0.15, 0.2) is 5.65 Å². The van der Waals surface area contributed by atoms with Crippen LogP contribution in [0, 0.1) is 0 Å². The van der Waals surface area contributed by atoms with Gasteiger partial charge in [-0.25, -0.2) is 9.97 Å². The van der Waals surface area contributed by atoms with Gasteiger partial charge < -0.3 is 4.79 Å². The molecule has 0 aliphatic heterocycles. The van der Waals surface area contributed by atoms with Crippen LogP contribution in [0.25, 0.3) is 11.0 Å². The minimum Gasteiger partial charge on any atom is -0.303 e. The zero-order valence-electron chi connectivity index (χ0n) is 6.97. The van der Waals surface area contributed by atoms with Crippen molar-refractivity contribution in [2.45, 2.75) is 6.42 Å². The topological polar surface area (TPSA) is 42.9 Å². The molecule has 2 aromatic rings. The van der Waals surface area contributed by atoms with Crippen molar-refractivity contribution in [2.24, 2.45) is 0 Å². The van der Waals surface area contributed by atoms with Gasteiger partial charge >= 0.3 is 0 Å². The quantitative estimate of drug-likeness (QED) is 0.642. The number of nitrogens with zero attached hydrogens (tertiary/aromatic N) is 2. The number of pyridine rings is 2. The van der Waals surface area contributed by atoms with Crippen LogP contribution in [-0.2, 0) is 11.2 Å². The van der Waals surface area contributed by atoms with E-state index in [-0.39, 0.29) is 0 Å². The van der Waals surface area contributed by atoms with Gasteiger partial charge in [-0.15, -0.1) is 0 Å². The molecule has 64 valence electrons. The number of aromatic nitrogens is 2. The minimum atomic E-state index is 0.421. The first-order valence-corrected chi connectivity index (χ1v) is 4.04. The molecule has 0 aliphatic rings. The fourth-order valence-electron chi connectivity index (χ4n) is 1.31. The summed E-state index contributed by atoms with van der Waals surface area (Å²) in [5.74, 6) is 0. The molecule has 0 amide bonds. The summed E-state index contributed by atoms with van der Waals surface area (Å²) < 4.78 is 0. The van der Waals surface area contributed by atoms with Crippen LogP contribution in [-0.4, -0.2) is 16.3 Å². The Bertz CT molecular complexity index is 434. The van der Waals surface area contributed by atoms with Crippen molar-refractivity contribution in [3.8, 4) is 0 Å². The molecule has 3 heteroatoms. The minimum absolute atomic E-state index is 0.421. The Labute approximate surface area is 75.4 Å². The largest absolute Gasteiger partial charge is 0.303 e. The molecular formula is C10H8N2O. The fraction of sp³-hybridized carbons (Fsp3) is 0.100. The van der Waals surface area contributed by atoms with Crippen molar-refractivity contribution in [1.82, 2.24) is 9.97 Å². The summed E-state index contributed by atoms with van der Waals surface area (Å²) >= 11 is 0. The molecule has 0 atom stereocenters. The van der Waals surface area contributed by atoms with Gasteiger partial charge in [0, 0.05) is 24.2 Å². The maximum absolute atomic E-state index is 10.4. The monoisotopic (exact) mass is 172 g/mol. The summed E-state index contributed by atoms with van der Waals surface area (Å²) in [7, 11) is 0. The van der Waals surface area contributed by atoms with E-state index in [1.807, 2.05) is 18.2 Å². The predicted octanol–water partition coefficient (Wildman–Crippen LogP) is 1.37. The van der Waals surface area contributed by atoms with Crippen molar-refractivity contribution < 1.29 is 4.79 Å². The van der Waals surface area contributed by atoms with Crippen molar-refractivity contribution >= 4 is 17.3 Å². The molecule has 0 radical (unpaired) electrons. The Hall–Kier alpha value is -1.77. The van der Waals surface area contributed by atoms with Crippen LogP contribution in [0.3, 0.4) is 0 Å². The average Bonchev–Trinajstić information content (AvgIpc) is 2.19. The average molecular weight is 172 g/mol. The highest BCUT2D eigenvalue weighted by atomic mass is 16.1. The Morgan fingerprint density at radius 3 is 2.92 bits per heavy atom. The van der Waals surface area contributed by atoms with Gasteiger partial charge in [0.1, 0.15) is 6.29 Å². The molecule has 13 heavy (non-hydrogen) atoms. The van der Waals surface area contributed by atoms with E-state index in [4.69, 9.17) is 0 Å². The van der Waals surface area contributed by atoms with Crippen molar-refractivity contribution in [2.75, 3.05) is 0 Å². The number of hydrogen-bond donors (Lipinski definition) is 0. The van der Waals surface area contributed by atoms with Crippen LogP contribution in [0.15, 0.2) is 30.6 Å². The molecule has 3 nitrogen and oxygen atoms in total. The van der Waals surface area contributed by atoms with Crippen molar-refractivity contribution in [1.29, 1.82) is 0 Å². The molecule has 0 fully saturated rings. The van der Waals surface area contributed by atoms with Crippen molar-refractivity contribution in [3.63, 3.8) is 0 Å². The first-order chi connectivity index (χ1) is 6.42. The van der Waals surface area contributed by atoms with Gasteiger partial charge in [-0.2, -0.15) is 0 Å². The molecule has 0 saturated heterocycles. The molecule has 0 N–H and O–H groups in total. The normalized spacial score (nSPS) is 10.2. The Morgan fingerprint density at radius 2 is 2.08 bits per heavy atom. The second kappa shape index (κ2) is 3.31. The fourth-order valence-corrected chi connectivity index (χ4v) is 1.31. The molecule has 0 unspecified atom stereocenters. The lowest BCUT2D eigenvalue weighted by Crippen LogP contribution is -1.91. The predicted molar refractivity (Wildman–Crippen MR) is 49.3 cm³/mol. The third kappa shape index (κ3) is 1.40. The molecule has 0 aromatic carbocycles. The van der Waals surface area contributed by atoms with Crippen molar-refractivity contribution in [3.05, 3.63) is 36.2 Å². The maximum Gasteiger partial charge on any atom is 0.159 e. The molecule has 0 aliphatic carbocycles. The standard InChI is InChI=1S/C10H8N2O/c13-7-4-8-3-6-12-10-9(8)2-1-5-11-10/h1-3,5-7H,4H2. The van der Waals surface area contributed by atoms with Gasteiger partial charge in [0.2, 0.25) is 0 Å². The summed E-state index contributed by atoms with van der Waals surface area (Å²) in [4.78, 5) is 18.6. The van der Waals surface area contributed by atoms with E-state index < -0.39 is 0 Å². The molecule has 2 aromatic heterocycles. The third-order valence-electron chi connectivity index (χ3n) is 1.91. The van der Waals surface area contributed by atoms with Gasteiger partial charge in [-0.1, -0.05) is 0 Å². The van der Waals surface area contributed by atoms with Gasteiger partial charge in [0.25, 0.3) is 0 Å². The van der Waals surface area contributed by atoms with E-state index in [1.165, 1.54) is 0 Å². The number of carbonyl (C=O) groups is 1. The first kappa shape index (κ1) is 7.86. The summed E-state index contributed by atoms with van der Waals surface area (Å²) in [5, 5.41) is 0.956. The van der Waals surface area contributed by atoms with Gasteiger partial charge in [0.05, 0.1) is 0 Å². The van der Waals surface area contributed by atoms with E-state index in [0.29, 0.717) is 12.1 Å². The van der Waals surface area contributed by atoms with Crippen LogP contribution < -0.4 is 0 Å². The smallest absolute Gasteiger partial charge is 0.159 e. The highest BCUT2D eigenvalue weighted by molar-refractivity contribution is 5.80. The molecule has 0 spiro atoms. The van der Waals surface area contributed by atoms with E-state index >= 15 is 0 Å². The lowest BCUT2D eigenvalue weighted by atomic mass is 10.1. The molecule has 2 heterocycles. The van der Waals surface area contributed by atoms with E-state index in [0.717, 1.165) is 17.2 Å². The van der Waals surface area contributed by atoms with Crippen LogP contribution in [0.1, 0.15) is 5.56 Å². The Kier molecular flexibility index (Phi) is 2.00. The molecule has 0 saturated carbocycles. The van der Waals surface area contributed by atoms with Crippen LogP contribution in [0.2, 0.25) is 0 Å². The lowest BCUT2D eigenvalue weighted by Gasteiger charge is -1.99. The highest BCUT2D eigenvalue weighted by Gasteiger charge is 2.00. The van der Waals surface area contributed by atoms with Crippen LogP contribution in [0.5, 0.6) is 0 Å². The number of hydrogen-bond acceptors (Lipinski definition) is 3. The zero-order valence-corrected chi connectivity index (χ0v) is 6.97. The number of fused-ring (bicyclic) bond motifs is 1. The zero-order chi connectivity index (χ0) is 9.10. The first-order valence-electron chi connectivity index (χ1n) is 4.04. The summed E-state index contributed by atoms with van der Waals surface area (Å²) in [6, 6.07) is 5.62. The van der Waals surface area contributed by atoms with E-state index in [9.17, 15) is 4.79 Å². The number of rotatable bonds is 2. The summed E-state index contributed by atoms with van der Waals surface area (Å²) in [5.41, 5.74) is 1.68. The Balaban J connectivity index is 2.68. The summed E-state index contributed by atoms with van der Waals surface area (Å²) in [6.45, 7) is 0. The van der Waals surface area contributed by atoms with E-state index in [2.05, 4.69) is 9.97 Å². The number of aldehydes is 1. The van der Waals surface area contributed by atoms with Crippen LogP contribution >= 0.6 is 0 Å².